The van der Waals surface area contributed by atoms with Gasteiger partial charge in [-0.3, -0.25) is 0 Å². The summed E-state index contributed by atoms with van der Waals surface area (Å²) in [4.78, 5) is 0. The molecule has 1 aromatic rings. The van der Waals surface area contributed by atoms with Crippen LogP contribution < -0.4 is 15.2 Å². The molecule has 2 aliphatic rings. The van der Waals surface area contributed by atoms with Crippen molar-refractivity contribution in [1.82, 2.24) is 0 Å². The summed E-state index contributed by atoms with van der Waals surface area (Å²) in [6.07, 6.45) is 5.38. The molecule has 0 aliphatic heterocycles. The van der Waals surface area contributed by atoms with Crippen LogP contribution in [-0.2, 0) is 0 Å². The molecule has 2 bridgehead atoms. The highest BCUT2D eigenvalue weighted by molar-refractivity contribution is 9.10. The molecule has 0 radical (unpaired) electrons. The maximum absolute atomic E-state index is 6.59. The Morgan fingerprint density at radius 1 is 1.15 bits per heavy atom. The third kappa shape index (κ3) is 2.33. The van der Waals surface area contributed by atoms with Gasteiger partial charge in [-0.05, 0) is 65.1 Å². The van der Waals surface area contributed by atoms with E-state index < -0.39 is 0 Å². The van der Waals surface area contributed by atoms with Crippen LogP contribution in [0.15, 0.2) is 16.6 Å². The third-order valence-corrected chi connectivity index (χ3v) is 5.74. The number of nitrogens with two attached hydrogens (primary N) is 1. The van der Waals surface area contributed by atoms with E-state index in [9.17, 15) is 0 Å². The molecule has 3 nitrogen and oxygen atoms in total. The van der Waals surface area contributed by atoms with E-state index in [0.717, 1.165) is 33.4 Å². The summed E-state index contributed by atoms with van der Waals surface area (Å²) in [7, 11) is 3.38. The molecule has 4 unspecified atom stereocenters. The fourth-order valence-electron chi connectivity index (χ4n) is 4.11. The summed E-state index contributed by atoms with van der Waals surface area (Å²) < 4.78 is 11.8. The van der Waals surface area contributed by atoms with Gasteiger partial charge in [-0.15, -0.1) is 0 Å². The van der Waals surface area contributed by atoms with Crippen molar-refractivity contribution in [1.29, 1.82) is 0 Å². The van der Waals surface area contributed by atoms with E-state index in [4.69, 9.17) is 15.2 Å². The summed E-state index contributed by atoms with van der Waals surface area (Å²) in [6.45, 7) is 0. The lowest BCUT2D eigenvalue weighted by Crippen LogP contribution is -2.26. The van der Waals surface area contributed by atoms with Gasteiger partial charge < -0.3 is 15.2 Å². The molecule has 4 heteroatoms. The van der Waals surface area contributed by atoms with Gasteiger partial charge in [0.15, 0.2) is 0 Å². The highest BCUT2D eigenvalue weighted by Crippen LogP contribution is 2.53. The summed E-state index contributed by atoms with van der Waals surface area (Å²) in [6, 6.07) is 4.03. The molecule has 1 aromatic carbocycles. The van der Waals surface area contributed by atoms with Crippen LogP contribution in [0.3, 0.4) is 0 Å². The topological polar surface area (TPSA) is 44.5 Å². The minimum atomic E-state index is 0.0437. The monoisotopic (exact) mass is 339 g/mol. The van der Waals surface area contributed by atoms with Crippen molar-refractivity contribution in [2.75, 3.05) is 14.2 Å². The molecule has 2 N–H and O–H groups in total. The normalized spacial score (nSPS) is 29.5. The van der Waals surface area contributed by atoms with E-state index in [-0.39, 0.29) is 6.04 Å². The predicted molar refractivity (Wildman–Crippen MR) is 83.1 cm³/mol. The molecule has 0 aromatic heterocycles. The zero-order valence-electron chi connectivity index (χ0n) is 12.1. The minimum absolute atomic E-state index is 0.0437. The minimum Gasteiger partial charge on any atom is -0.496 e. The van der Waals surface area contributed by atoms with Crippen LogP contribution >= 0.6 is 15.9 Å². The van der Waals surface area contributed by atoms with Crippen LogP contribution in [0, 0.1) is 17.8 Å². The van der Waals surface area contributed by atoms with Gasteiger partial charge >= 0.3 is 0 Å². The average Bonchev–Trinajstić information content (AvgIpc) is 3.08. The maximum atomic E-state index is 6.59. The Labute approximate surface area is 129 Å². The number of hydrogen-bond donors (Lipinski definition) is 1. The molecule has 0 heterocycles. The zero-order valence-corrected chi connectivity index (χ0v) is 13.7. The Morgan fingerprint density at radius 2 is 1.90 bits per heavy atom. The highest BCUT2D eigenvalue weighted by Gasteiger charge is 2.43. The largest absolute Gasteiger partial charge is 0.496 e. The number of fused-ring (bicyclic) bond motifs is 2. The molecule has 110 valence electrons. The fraction of sp³-hybridized carbons (Fsp3) is 0.625. The molecule has 0 saturated heterocycles. The first-order chi connectivity index (χ1) is 9.63. The lowest BCUT2D eigenvalue weighted by molar-refractivity contribution is 0.278. The Balaban J connectivity index is 1.92. The van der Waals surface area contributed by atoms with E-state index in [1.165, 1.54) is 25.7 Å². The maximum Gasteiger partial charge on any atom is 0.133 e. The average molecular weight is 340 g/mol. The summed E-state index contributed by atoms with van der Waals surface area (Å²) in [5.41, 5.74) is 7.66. The first-order valence-corrected chi connectivity index (χ1v) is 8.10. The molecular formula is C16H22BrNO2. The molecule has 20 heavy (non-hydrogen) atoms. The molecular weight excluding hydrogens is 318 g/mol. The molecule has 0 amide bonds. The van der Waals surface area contributed by atoms with Gasteiger partial charge in [0, 0.05) is 11.6 Å². The Bertz CT molecular complexity index is 505. The summed E-state index contributed by atoms with van der Waals surface area (Å²) in [5, 5.41) is 0. The molecule has 2 saturated carbocycles. The van der Waals surface area contributed by atoms with Gasteiger partial charge in [-0.2, -0.15) is 0 Å². The van der Waals surface area contributed by atoms with Gasteiger partial charge in [-0.25, -0.2) is 0 Å². The number of benzene rings is 1. The van der Waals surface area contributed by atoms with Crippen LogP contribution in [0.2, 0.25) is 0 Å². The SMILES string of the molecule is COc1cc(C(N)C2CC3CCC2C3)c(OC)cc1Br. The van der Waals surface area contributed by atoms with Crippen molar-refractivity contribution in [2.45, 2.75) is 31.7 Å². The Morgan fingerprint density at radius 3 is 2.45 bits per heavy atom. The quantitative estimate of drug-likeness (QED) is 0.904. The van der Waals surface area contributed by atoms with Gasteiger partial charge in [0.1, 0.15) is 11.5 Å². The van der Waals surface area contributed by atoms with Crippen molar-refractivity contribution in [3.63, 3.8) is 0 Å². The molecule has 4 atom stereocenters. The molecule has 2 aliphatic carbocycles. The number of methoxy groups -OCH3 is 2. The van der Waals surface area contributed by atoms with E-state index >= 15 is 0 Å². The second-order valence-corrected chi connectivity index (χ2v) is 6.95. The van der Waals surface area contributed by atoms with E-state index in [2.05, 4.69) is 15.9 Å². The van der Waals surface area contributed by atoms with Crippen molar-refractivity contribution >= 4 is 15.9 Å². The zero-order chi connectivity index (χ0) is 14.3. The number of ether oxygens (including phenoxy) is 2. The lowest BCUT2D eigenvalue weighted by Gasteiger charge is -2.29. The molecule has 3 rings (SSSR count). The van der Waals surface area contributed by atoms with Crippen molar-refractivity contribution < 1.29 is 9.47 Å². The Hall–Kier alpha value is -0.740. The van der Waals surface area contributed by atoms with Crippen LogP contribution in [-0.4, -0.2) is 14.2 Å². The highest BCUT2D eigenvalue weighted by atomic mass is 79.9. The van der Waals surface area contributed by atoms with Gasteiger partial charge in [0.25, 0.3) is 0 Å². The number of rotatable bonds is 4. The predicted octanol–water partition coefficient (Wildman–Crippen LogP) is 3.90. The standard InChI is InChI=1S/C16H22BrNO2/c1-19-14-8-13(17)15(20-2)7-12(14)16(18)11-6-9-3-4-10(11)5-9/h7-11,16H,3-6,18H2,1-2H3. The van der Waals surface area contributed by atoms with Gasteiger partial charge in [0.05, 0.1) is 18.7 Å². The smallest absolute Gasteiger partial charge is 0.133 e. The number of hydrogen-bond acceptors (Lipinski definition) is 3. The molecule has 0 spiro atoms. The van der Waals surface area contributed by atoms with Crippen molar-refractivity contribution in [3.8, 4) is 11.5 Å². The van der Waals surface area contributed by atoms with Crippen LogP contribution in [0.4, 0.5) is 0 Å². The second-order valence-electron chi connectivity index (χ2n) is 6.09. The van der Waals surface area contributed by atoms with E-state index in [0.29, 0.717) is 5.92 Å². The van der Waals surface area contributed by atoms with Crippen LogP contribution in [0.1, 0.15) is 37.3 Å². The second kappa shape index (κ2) is 5.57. The first kappa shape index (κ1) is 14.2. The van der Waals surface area contributed by atoms with E-state index in [1.807, 2.05) is 12.1 Å². The van der Waals surface area contributed by atoms with Crippen LogP contribution in [0.5, 0.6) is 11.5 Å². The summed E-state index contributed by atoms with van der Waals surface area (Å²) >= 11 is 3.50. The van der Waals surface area contributed by atoms with Crippen molar-refractivity contribution in [2.24, 2.45) is 23.5 Å². The first-order valence-electron chi connectivity index (χ1n) is 7.31. The van der Waals surface area contributed by atoms with Gasteiger partial charge in [0.2, 0.25) is 0 Å². The van der Waals surface area contributed by atoms with Crippen LogP contribution in [0.25, 0.3) is 0 Å². The van der Waals surface area contributed by atoms with E-state index in [1.54, 1.807) is 14.2 Å². The fourth-order valence-corrected chi connectivity index (χ4v) is 4.59. The van der Waals surface area contributed by atoms with Gasteiger partial charge in [-0.1, -0.05) is 6.42 Å². The Kier molecular flexibility index (Phi) is 3.95. The van der Waals surface area contributed by atoms with Crippen molar-refractivity contribution in [3.05, 3.63) is 22.2 Å². The number of halogens is 1. The third-order valence-electron chi connectivity index (χ3n) is 5.12. The lowest BCUT2D eigenvalue weighted by atomic mass is 9.80. The molecule has 2 fully saturated rings. The summed E-state index contributed by atoms with van der Waals surface area (Å²) in [5.74, 6) is 3.97.